The van der Waals surface area contributed by atoms with Crippen LogP contribution in [0.25, 0.3) is 0 Å². The van der Waals surface area contributed by atoms with Gasteiger partial charge in [0, 0.05) is 22.4 Å². The third-order valence-corrected chi connectivity index (χ3v) is 4.24. The summed E-state index contributed by atoms with van der Waals surface area (Å²) in [5, 5.41) is 5.54. The molecule has 0 radical (unpaired) electrons. The Morgan fingerprint density at radius 2 is 1.48 bits per heavy atom. The summed E-state index contributed by atoms with van der Waals surface area (Å²) in [6, 6.07) is 10.8. The zero-order valence-electron chi connectivity index (χ0n) is 17.0. The zero-order valence-corrected chi connectivity index (χ0v) is 17.8. The van der Waals surface area contributed by atoms with Crippen LogP contribution in [0.1, 0.15) is 41.5 Å². The third kappa shape index (κ3) is 6.79. The molecule has 0 bridgehead atoms. The molecular formula is C20H25N3O5S. The number of ether oxygens (including phenoxy) is 1. The SMILES string of the molecule is COc1ccc(NC(=O)c2ccc(C(=O)NC(C)(C)C)cc2)cc1NS(C)(=O)=O. The van der Waals surface area contributed by atoms with Gasteiger partial charge in [-0.3, -0.25) is 14.3 Å². The maximum absolute atomic E-state index is 12.5. The van der Waals surface area contributed by atoms with Crippen molar-refractivity contribution in [3.63, 3.8) is 0 Å². The molecule has 3 N–H and O–H groups in total. The van der Waals surface area contributed by atoms with Gasteiger partial charge in [0.15, 0.2) is 0 Å². The Morgan fingerprint density at radius 3 is 1.97 bits per heavy atom. The van der Waals surface area contributed by atoms with Gasteiger partial charge in [-0.2, -0.15) is 0 Å². The summed E-state index contributed by atoms with van der Waals surface area (Å²) in [5.74, 6) is -0.304. The van der Waals surface area contributed by atoms with Gasteiger partial charge in [-0.05, 0) is 63.2 Å². The van der Waals surface area contributed by atoms with E-state index in [1.807, 2.05) is 20.8 Å². The summed E-state index contributed by atoms with van der Waals surface area (Å²) in [6.07, 6.45) is 1.02. The maximum atomic E-state index is 12.5. The molecule has 2 amide bonds. The fourth-order valence-electron chi connectivity index (χ4n) is 2.45. The van der Waals surface area contributed by atoms with Crippen LogP contribution in [0.4, 0.5) is 11.4 Å². The van der Waals surface area contributed by atoms with Gasteiger partial charge in [0.25, 0.3) is 11.8 Å². The van der Waals surface area contributed by atoms with Crippen molar-refractivity contribution in [2.45, 2.75) is 26.3 Å². The number of methoxy groups -OCH3 is 1. The minimum absolute atomic E-state index is 0.210. The molecule has 156 valence electrons. The van der Waals surface area contributed by atoms with Crippen LogP contribution in [0.5, 0.6) is 5.75 Å². The number of sulfonamides is 1. The topological polar surface area (TPSA) is 114 Å². The maximum Gasteiger partial charge on any atom is 0.255 e. The molecule has 2 rings (SSSR count). The van der Waals surface area contributed by atoms with Crippen molar-refractivity contribution in [3.8, 4) is 5.75 Å². The predicted molar refractivity (Wildman–Crippen MR) is 113 cm³/mol. The van der Waals surface area contributed by atoms with Crippen molar-refractivity contribution in [2.75, 3.05) is 23.4 Å². The largest absolute Gasteiger partial charge is 0.495 e. The lowest BCUT2D eigenvalue weighted by molar-refractivity contribution is 0.0918. The Morgan fingerprint density at radius 1 is 0.931 bits per heavy atom. The predicted octanol–water partition coefficient (Wildman–Crippen LogP) is 2.85. The van der Waals surface area contributed by atoms with E-state index in [9.17, 15) is 18.0 Å². The molecule has 29 heavy (non-hydrogen) atoms. The molecule has 0 aliphatic rings. The van der Waals surface area contributed by atoms with E-state index in [0.29, 0.717) is 22.6 Å². The molecule has 2 aromatic carbocycles. The molecular weight excluding hydrogens is 394 g/mol. The van der Waals surface area contributed by atoms with Crippen molar-refractivity contribution in [3.05, 3.63) is 53.6 Å². The van der Waals surface area contributed by atoms with E-state index in [2.05, 4.69) is 15.4 Å². The Bertz CT molecular complexity index is 1010. The first-order valence-electron chi connectivity index (χ1n) is 8.78. The van der Waals surface area contributed by atoms with E-state index in [4.69, 9.17) is 4.74 Å². The van der Waals surface area contributed by atoms with Crippen LogP contribution in [-0.2, 0) is 10.0 Å². The van der Waals surface area contributed by atoms with Crippen LogP contribution in [0.2, 0.25) is 0 Å². The summed E-state index contributed by atoms with van der Waals surface area (Å²) >= 11 is 0. The number of hydrogen-bond donors (Lipinski definition) is 3. The number of hydrogen-bond acceptors (Lipinski definition) is 5. The average Bonchev–Trinajstić information content (AvgIpc) is 2.59. The molecule has 2 aromatic rings. The minimum Gasteiger partial charge on any atom is -0.495 e. The fourth-order valence-corrected chi connectivity index (χ4v) is 3.01. The lowest BCUT2D eigenvalue weighted by Crippen LogP contribution is -2.40. The van der Waals surface area contributed by atoms with E-state index < -0.39 is 15.9 Å². The van der Waals surface area contributed by atoms with Crippen LogP contribution in [0.3, 0.4) is 0 Å². The highest BCUT2D eigenvalue weighted by atomic mass is 32.2. The molecule has 0 aliphatic heterocycles. The van der Waals surface area contributed by atoms with E-state index in [0.717, 1.165) is 6.26 Å². The fraction of sp³-hybridized carbons (Fsp3) is 0.300. The van der Waals surface area contributed by atoms with Gasteiger partial charge in [0.05, 0.1) is 19.1 Å². The highest BCUT2D eigenvalue weighted by Gasteiger charge is 2.16. The summed E-state index contributed by atoms with van der Waals surface area (Å²) < 4.78 is 30.5. The monoisotopic (exact) mass is 419 g/mol. The number of carbonyl (C=O) groups excluding carboxylic acids is 2. The Labute approximate surface area is 170 Å². The van der Waals surface area contributed by atoms with Gasteiger partial charge >= 0.3 is 0 Å². The quantitative estimate of drug-likeness (QED) is 0.666. The number of nitrogens with one attached hydrogen (secondary N) is 3. The molecule has 9 heteroatoms. The summed E-state index contributed by atoms with van der Waals surface area (Å²) in [7, 11) is -2.10. The number of benzene rings is 2. The highest BCUT2D eigenvalue weighted by Crippen LogP contribution is 2.28. The van der Waals surface area contributed by atoms with Crippen LogP contribution >= 0.6 is 0 Å². The van der Waals surface area contributed by atoms with E-state index >= 15 is 0 Å². The van der Waals surface area contributed by atoms with Gasteiger partial charge < -0.3 is 15.4 Å². The first kappa shape index (κ1) is 22.2. The second-order valence-corrected chi connectivity index (χ2v) is 9.27. The summed E-state index contributed by atoms with van der Waals surface area (Å²) in [5.41, 5.74) is 1.03. The lowest BCUT2D eigenvalue weighted by Gasteiger charge is -2.20. The second-order valence-electron chi connectivity index (χ2n) is 7.52. The molecule has 0 saturated heterocycles. The summed E-state index contributed by atoms with van der Waals surface area (Å²) in [4.78, 5) is 24.7. The first-order chi connectivity index (χ1) is 13.4. The molecule has 0 spiro atoms. The van der Waals surface area contributed by atoms with Gasteiger partial charge in [-0.25, -0.2) is 8.42 Å². The lowest BCUT2D eigenvalue weighted by atomic mass is 10.1. The van der Waals surface area contributed by atoms with Crippen molar-refractivity contribution < 1.29 is 22.7 Å². The molecule has 0 aliphatic carbocycles. The summed E-state index contributed by atoms with van der Waals surface area (Å²) in [6.45, 7) is 5.65. The van der Waals surface area contributed by atoms with E-state index in [1.165, 1.54) is 13.2 Å². The number of rotatable bonds is 6. The Kier molecular flexibility index (Phi) is 6.53. The van der Waals surface area contributed by atoms with Crippen molar-refractivity contribution in [2.24, 2.45) is 0 Å². The standard InChI is InChI=1S/C20H25N3O5S/c1-20(2,3)22-19(25)14-8-6-13(7-9-14)18(24)21-15-10-11-17(28-4)16(12-15)23-29(5,26)27/h6-12,23H,1-5H3,(H,21,24)(H,22,25). The minimum atomic E-state index is -3.51. The molecule has 0 atom stereocenters. The van der Waals surface area contributed by atoms with Gasteiger partial charge in [-0.15, -0.1) is 0 Å². The van der Waals surface area contributed by atoms with Crippen molar-refractivity contribution in [1.29, 1.82) is 0 Å². The molecule has 8 nitrogen and oxygen atoms in total. The molecule has 0 fully saturated rings. The van der Waals surface area contributed by atoms with E-state index in [-0.39, 0.29) is 17.1 Å². The van der Waals surface area contributed by atoms with Crippen LogP contribution in [0.15, 0.2) is 42.5 Å². The molecule has 0 unspecified atom stereocenters. The highest BCUT2D eigenvalue weighted by molar-refractivity contribution is 7.92. The number of amides is 2. The van der Waals surface area contributed by atoms with Crippen LogP contribution in [0, 0.1) is 0 Å². The van der Waals surface area contributed by atoms with Crippen LogP contribution < -0.4 is 20.1 Å². The number of anilines is 2. The molecule has 0 aromatic heterocycles. The number of carbonyl (C=O) groups is 2. The van der Waals surface area contributed by atoms with Crippen molar-refractivity contribution in [1.82, 2.24) is 5.32 Å². The molecule has 0 saturated carbocycles. The van der Waals surface area contributed by atoms with E-state index in [1.54, 1.807) is 36.4 Å². The zero-order chi connectivity index (χ0) is 21.8. The Balaban J connectivity index is 2.16. The second kappa shape index (κ2) is 8.52. The third-order valence-electron chi connectivity index (χ3n) is 3.65. The first-order valence-corrected chi connectivity index (χ1v) is 10.7. The average molecular weight is 420 g/mol. The van der Waals surface area contributed by atoms with Gasteiger partial charge in [-0.1, -0.05) is 0 Å². The van der Waals surface area contributed by atoms with Gasteiger partial charge in [0.1, 0.15) is 5.75 Å². The van der Waals surface area contributed by atoms with Gasteiger partial charge in [0.2, 0.25) is 10.0 Å². The van der Waals surface area contributed by atoms with Crippen LogP contribution in [-0.4, -0.2) is 39.1 Å². The normalized spacial score (nSPS) is 11.5. The molecule has 0 heterocycles. The Hall–Kier alpha value is -3.07. The van der Waals surface area contributed by atoms with Crippen molar-refractivity contribution >= 4 is 33.2 Å². The smallest absolute Gasteiger partial charge is 0.255 e.